The van der Waals surface area contributed by atoms with Crippen molar-refractivity contribution in [1.29, 1.82) is 5.26 Å². The van der Waals surface area contributed by atoms with Gasteiger partial charge in [0.05, 0.1) is 18.6 Å². The Bertz CT molecular complexity index is 181. The van der Waals surface area contributed by atoms with E-state index in [0.29, 0.717) is 6.61 Å². The lowest BCUT2D eigenvalue weighted by molar-refractivity contribution is -0.149. The Balaban J connectivity index is 4.11. The van der Waals surface area contributed by atoms with E-state index in [-0.39, 0.29) is 24.2 Å². The third-order valence-electron chi connectivity index (χ3n) is 1.71. The third kappa shape index (κ3) is 3.38. The molecule has 0 N–H and O–H groups in total. The zero-order valence-corrected chi connectivity index (χ0v) is 7.83. The summed E-state index contributed by atoms with van der Waals surface area (Å²) in [7, 11) is 0. The smallest absolute Gasteiger partial charge is 0.310 e. The maximum atomic E-state index is 11.2. The summed E-state index contributed by atoms with van der Waals surface area (Å²) in [5.74, 6) is -0.354. The third-order valence-corrected chi connectivity index (χ3v) is 1.71. The molecule has 0 aliphatic rings. The summed E-state index contributed by atoms with van der Waals surface area (Å²) in [5, 5.41) is 8.44. The number of hydrogen-bond donors (Lipinski definition) is 0. The molecule has 0 aromatic heterocycles. The molecule has 0 aliphatic carbocycles. The highest BCUT2D eigenvalue weighted by atomic mass is 16.5. The monoisotopic (exact) mass is 169 g/mol. The van der Waals surface area contributed by atoms with Gasteiger partial charge in [-0.3, -0.25) is 4.79 Å². The first-order valence-corrected chi connectivity index (χ1v) is 4.17. The van der Waals surface area contributed by atoms with Crippen LogP contribution in [0.5, 0.6) is 0 Å². The van der Waals surface area contributed by atoms with Crippen LogP contribution in [0.1, 0.15) is 27.2 Å². The van der Waals surface area contributed by atoms with Gasteiger partial charge in [0, 0.05) is 6.42 Å². The number of ether oxygens (including phenoxy) is 1. The number of rotatable bonds is 4. The second-order valence-corrected chi connectivity index (χ2v) is 2.96. The van der Waals surface area contributed by atoms with Crippen molar-refractivity contribution >= 4 is 5.97 Å². The molecule has 0 heterocycles. The number of carbonyl (C=O) groups is 1. The number of esters is 1. The second-order valence-electron chi connectivity index (χ2n) is 2.96. The van der Waals surface area contributed by atoms with Gasteiger partial charge in [-0.25, -0.2) is 0 Å². The summed E-state index contributed by atoms with van der Waals surface area (Å²) in [6.45, 7) is 5.98. The molecule has 0 saturated carbocycles. The highest BCUT2D eigenvalue weighted by Crippen LogP contribution is 2.16. The van der Waals surface area contributed by atoms with E-state index in [4.69, 9.17) is 10.00 Å². The average molecular weight is 169 g/mol. The Labute approximate surface area is 73.3 Å². The zero-order valence-electron chi connectivity index (χ0n) is 7.83. The molecule has 0 saturated heterocycles. The molecule has 68 valence electrons. The number of hydrogen-bond acceptors (Lipinski definition) is 3. The standard InChI is InChI=1S/C9H15NO2/c1-4-12-9(11)8(5-6-10)7(2)3/h7-8H,4-5H2,1-3H3. The van der Waals surface area contributed by atoms with E-state index in [1.807, 2.05) is 19.9 Å². The minimum absolute atomic E-state index is 0.170. The van der Waals surface area contributed by atoms with Crippen molar-refractivity contribution in [1.82, 2.24) is 0 Å². The van der Waals surface area contributed by atoms with Crippen LogP contribution >= 0.6 is 0 Å². The minimum atomic E-state index is -0.269. The van der Waals surface area contributed by atoms with E-state index in [0.717, 1.165) is 0 Å². The molecule has 0 radical (unpaired) electrons. The van der Waals surface area contributed by atoms with E-state index in [2.05, 4.69) is 0 Å². The van der Waals surface area contributed by atoms with Gasteiger partial charge in [0.2, 0.25) is 0 Å². The molecule has 0 rings (SSSR count). The minimum Gasteiger partial charge on any atom is -0.466 e. The van der Waals surface area contributed by atoms with Crippen molar-refractivity contribution in [2.45, 2.75) is 27.2 Å². The van der Waals surface area contributed by atoms with Crippen molar-refractivity contribution in [3.63, 3.8) is 0 Å². The van der Waals surface area contributed by atoms with Crippen molar-refractivity contribution in [2.24, 2.45) is 11.8 Å². The Morgan fingerprint density at radius 2 is 2.17 bits per heavy atom. The second kappa shape index (κ2) is 5.59. The van der Waals surface area contributed by atoms with Crippen LogP contribution in [0, 0.1) is 23.2 Å². The lowest BCUT2D eigenvalue weighted by Gasteiger charge is -2.15. The molecule has 0 amide bonds. The van der Waals surface area contributed by atoms with Gasteiger partial charge >= 0.3 is 5.97 Å². The van der Waals surface area contributed by atoms with Crippen LogP contribution < -0.4 is 0 Å². The van der Waals surface area contributed by atoms with Crippen LogP contribution in [0.25, 0.3) is 0 Å². The lowest BCUT2D eigenvalue weighted by atomic mass is 9.93. The molecule has 0 aliphatic heterocycles. The fraction of sp³-hybridized carbons (Fsp3) is 0.778. The Morgan fingerprint density at radius 3 is 2.50 bits per heavy atom. The van der Waals surface area contributed by atoms with E-state index >= 15 is 0 Å². The lowest BCUT2D eigenvalue weighted by Crippen LogP contribution is -2.22. The molecular formula is C9H15NO2. The molecule has 0 aromatic carbocycles. The first-order chi connectivity index (χ1) is 5.63. The summed E-state index contributed by atoms with van der Waals surface area (Å²) < 4.78 is 4.83. The fourth-order valence-corrected chi connectivity index (χ4v) is 0.939. The van der Waals surface area contributed by atoms with Crippen LogP contribution in [-0.4, -0.2) is 12.6 Å². The van der Waals surface area contributed by atoms with Crippen molar-refractivity contribution in [3.8, 4) is 6.07 Å². The maximum absolute atomic E-state index is 11.2. The molecule has 0 bridgehead atoms. The molecular weight excluding hydrogens is 154 g/mol. The summed E-state index contributed by atoms with van der Waals surface area (Å²) in [5.41, 5.74) is 0. The Hall–Kier alpha value is -1.04. The fourth-order valence-electron chi connectivity index (χ4n) is 0.939. The van der Waals surface area contributed by atoms with Crippen molar-refractivity contribution in [3.05, 3.63) is 0 Å². The normalized spacial score (nSPS) is 12.2. The molecule has 12 heavy (non-hydrogen) atoms. The topological polar surface area (TPSA) is 50.1 Å². The van der Waals surface area contributed by atoms with Gasteiger partial charge in [-0.1, -0.05) is 13.8 Å². The summed E-state index contributed by atoms with van der Waals surface area (Å²) in [6.07, 6.45) is 0.247. The predicted molar refractivity (Wildman–Crippen MR) is 45.2 cm³/mol. The highest BCUT2D eigenvalue weighted by molar-refractivity contribution is 5.72. The van der Waals surface area contributed by atoms with E-state index in [1.54, 1.807) is 6.92 Å². The largest absolute Gasteiger partial charge is 0.466 e. The van der Waals surface area contributed by atoms with E-state index < -0.39 is 0 Å². The highest BCUT2D eigenvalue weighted by Gasteiger charge is 2.22. The first-order valence-electron chi connectivity index (χ1n) is 4.17. The van der Waals surface area contributed by atoms with Crippen LogP contribution in [0.15, 0.2) is 0 Å². The Morgan fingerprint density at radius 1 is 1.58 bits per heavy atom. The van der Waals surface area contributed by atoms with Crippen LogP contribution in [0.4, 0.5) is 0 Å². The van der Waals surface area contributed by atoms with Gasteiger partial charge in [-0.15, -0.1) is 0 Å². The first kappa shape index (κ1) is 11.0. The average Bonchev–Trinajstić information content (AvgIpc) is 1.99. The molecule has 0 aromatic rings. The quantitative estimate of drug-likeness (QED) is 0.602. The number of carbonyl (C=O) groups excluding carboxylic acids is 1. The summed E-state index contributed by atoms with van der Waals surface area (Å²) in [4.78, 5) is 11.2. The summed E-state index contributed by atoms with van der Waals surface area (Å²) >= 11 is 0. The molecule has 0 spiro atoms. The zero-order chi connectivity index (χ0) is 9.56. The number of nitriles is 1. The van der Waals surface area contributed by atoms with Gasteiger partial charge in [0.25, 0.3) is 0 Å². The van der Waals surface area contributed by atoms with E-state index in [1.165, 1.54) is 0 Å². The Kier molecular flexibility index (Phi) is 5.11. The van der Waals surface area contributed by atoms with Crippen LogP contribution in [0.2, 0.25) is 0 Å². The van der Waals surface area contributed by atoms with Crippen LogP contribution in [0.3, 0.4) is 0 Å². The van der Waals surface area contributed by atoms with Gasteiger partial charge < -0.3 is 4.74 Å². The van der Waals surface area contributed by atoms with Gasteiger partial charge in [0.15, 0.2) is 0 Å². The maximum Gasteiger partial charge on any atom is 0.310 e. The SMILES string of the molecule is CCOC(=O)C(CC#N)C(C)C. The van der Waals surface area contributed by atoms with Crippen molar-refractivity contribution < 1.29 is 9.53 Å². The van der Waals surface area contributed by atoms with Crippen LogP contribution in [-0.2, 0) is 9.53 Å². The van der Waals surface area contributed by atoms with Gasteiger partial charge in [-0.2, -0.15) is 5.26 Å². The van der Waals surface area contributed by atoms with Gasteiger partial charge in [0.1, 0.15) is 0 Å². The molecule has 1 unspecified atom stereocenters. The molecule has 0 fully saturated rings. The van der Waals surface area contributed by atoms with Crippen molar-refractivity contribution in [2.75, 3.05) is 6.61 Å². The number of nitrogens with zero attached hydrogens (tertiary/aromatic N) is 1. The molecule has 3 nitrogen and oxygen atoms in total. The predicted octanol–water partition coefficient (Wildman–Crippen LogP) is 1.74. The van der Waals surface area contributed by atoms with Gasteiger partial charge in [-0.05, 0) is 12.8 Å². The molecule has 1 atom stereocenters. The summed E-state index contributed by atoms with van der Waals surface area (Å²) in [6, 6.07) is 1.99. The van der Waals surface area contributed by atoms with E-state index in [9.17, 15) is 4.79 Å². The molecule has 3 heteroatoms.